The normalized spacial score (nSPS) is 11.3. The van der Waals surface area contributed by atoms with E-state index in [1.54, 1.807) is 42.5 Å². The molecule has 0 aliphatic carbocycles. The summed E-state index contributed by atoms with van der Waals surface area (Å²) in [5, 5.41) is 0.919. The number of methoxy groups -OCH3 is 1. The number of nitrogens with zero attached hydrogens (tertiary/aromatic N) is 2. The summed E-state index contributed by atoms with van der Waals surface area (Å²) in [6.45, 7) is 4.41. The molecule has 0 atom stereocenters. The largest absolute Gasteiger partial charge is 0.493 e. The van der Waals surface area contributed by atoms with Crippen LogP contribution in [0.3, 0.4) is 0 Å². The Morgan fingerprint density at radius 3 is 2.71 bits per heavy atom. The second-order valence-electron chi connectivity index (χ2n) is 6.68. The summed E-state index contributed by atoms with van der Waals surface area (Å²) in [5.74, 6) is 1.25. The number of rotatable bonds is 7. The van der Waals surface area contributed by atoms with E-state index in [2.05, 4.69) is 4.98 Å². The van der Waals surface area contributed by atoms with E-state index in [-0.39, 0.29) is 12.0 Å². The molecule has 0 aliphatic heterocycles. The molecule has 1 heterocycles. The fourth-order valence-electron chi connectivity index (χ4n) is 2.70. The number of hydrogen-bond acceptors (Lipinski definition) is 5. The lowest BCUT2D eigenvalue weighted by molar-refractivity contribution is -0.125. The smallest absolute Gasteiger partial charge is 0.246 e. The Bertz CT molecular complexity index is 961. The van der Waals surface area contributed by atoms with Crippen molar-refractivity contribution < 1.29 is 14.3 Å². The van der Waals surface area contributed by atoms with E-state index < -0.39 is 0 Å². The first-order chi connectivity index (χ1) is 13.5. The standard InChI is InChI=1S/C22H24N2O3S/c1-15(2)27-18-11-9-16(13-19(18)26-4)10-12-22(25)24(3)14-21-23-17-7-5-6-8-20(17)28-21/h5-13,15H,14H2,1-4H3. The van der Waals surface area contributed by atoms with Gasteiger partial charge in [-0.2, -0.15) is 0 Å². The summed E-state index contributed by atoms with van der Waals surface area (Å²) in [7, 11) is 3.38. The Labute approximate surface area is 169 Å². The topological polar surface area (TPSA) is 51.7 Å². The van der Waals surface area contributed by atoms with Gasteiger partial charge in [0.25, 0.3) is 0 Å². The molecule has 2 aromatic carbocycles. The molecule has 146 valence electrons. The van der Waals surface area contributed by atoms with Crippen LogP contribution < -0.4 is 9.47 Å². The maximum atomic E-state index is 12.5. The van der Waals surface area contributed by atoms with Crippen molar-refractivity contribution in [3.05, 3.63) is 59.1 Å². The van der Waals surface area contributed by atoms with Gasteiger partial charge in [-0.05, 0) is 49.8 Å². The molecule has 1 amide bonds. The van der Waals surface area contributed by atoms with Crippen molar-refractivity contribution in [2.75, 3.05) is 14.2 Å². The van der Waals surface area contributed by atoms with Gasteiger partial charge in [0.1, 0.15) is 5.01 Å². The highest BCUT2D eigenvalue weighted by Gasteiger charge is 2.11. The summed E-state index contributed by atoms with van der Waals surface area (Å²) in [5.41, 5.74) is 1.84. The average molecular weight is 397 g/mol. The zero-order valence-corrected chi connectivity index (χ0v) is 17.3. The van der Waals surface area contributed by atoms with E-state index in [4.69, 9.17) is 9.47 Å². The van der Waals surface area contributed by atoms with Crippen LogP contribution >= 0.6 is 11.3 Å². The van der Waals surface area contributed by atoms with E-state index in [0.29, 0.717) is 18.0 Å². The number of thiazole rings is 1. The first-order valence-electron chi connectivity index (χ1n) is 9.08. The zero-order chi connectivity index (χ0) is 20.1. The maximum absolute atomic E-state index is 12.5. The predicted octanol–water partition coefficient (Wildman–Crippen LogP) is 4.76. The van der Waals surface area contributed by atoms with Gasteiger partial charge in [-0.1, -0.05) is 18.2 Å². The second kappa shape index (κ2) is 8.89. The molecular weight excluding hydrogens is 372 g/mol. The molecule has 1 aromatic heterocycles. The number of aromatic nitrogens is 1. The van der Waals surface area contributed by atoms with Crippen LogP contribution in [0.2, 0.25) is 0 Å². The minimum atomic E-state index is -0.0827. The zero-order valence-electron chi connectivity index (χ0n) is 16.5. The van der Waals surface area contributed by atoms with Crippen LogP contribution in [0.1, 0.15) is 24.4 Å². The van der Waals surface area contributed by atoms with Gasteiger partial charge >= 0.3 is 0 Å². The van der Waals surface area contributed by atoms with Crippen LogP contribution in [0, 0.1) is 0 Å². The molecule has 0 unspecified atom stereocenters. The summed E-state index contributed by atoms with van der Waals surface area (Å²) in [6, 6.07) is 13.6. The molecule has 0 aliphatic rings. The third kappa shape index (κ3) is 4.89. The molecule has 0 saturated heterocycles. The summed E-state index contributed by atoms with van der Waals surface area (Å²) >= 11 is 1.61. The number of para-hydroxylation sites is 1. The summed E-state index contributed by atoms with van der Waals surface area (Å²) in [6.07, 6.45) is 3.40. The highest BCUT2D eigenvalue weighted by Crippen LogP contribution is 2.29. The van der Waals surface area contributed by atoms with Crippen molar-refractivity contribution in [3.63, 3.8) is 0 Å². The van der Waals surface area contributed by atoms with E-state index in [1.165, 1.54) is 0 Å². The van der Waals surface area contributed by atoms with E-state index in [9.17, 15) is 4.79 Å². The number of ether oxygens (including phenoxy) is 2. The third-order valence-corrected chi connectivity index (χ3v) is 5.08. The van der Waals surface area contributed by atoms with Crippen LogP contribution in [-0.2, 0) is 11.3 Å². The Hall–Kier alpha value is -2.86. The molecular formula is C22H24N2O3S. The summed E-state index contributed by atoms with van der Waals surface area (Å²) in [4.78, 5) is 18.7. The van der Waals surface area contributed by atoms with Crippen molar-refractivity contribution in [3.8, 4) is 11.5 Å². The van der Waals surface area contributed by atoms with Gasteiger partial charge in [0.15, 0.2) is 11.5 Å². The minimum Gasteiger partial charge on any atom is -0.493 e. The Morgan fingerprint density at radius 2 is 2.00 bits per heavy atom. The first-order valence-corrected chi connectivity index (χ1v) is 9.90. The fourth-order valence-corrected chi connectivity index (χ4v) is 3.72. The third-order valence-electron chi connectivity index (χ3n) is 4.06. The van der Waals surface area contributed by atoms with Gasteiger partial charge in [0.2, 0.25) is 5.91 Å². The lowest BCUT2D eigenvalue weighted by atomic mass is 10.2. The number of fused-ring (bicyclic) bond motifs is 1. The first kappa shape index (κ1) is 19.9. The van der Waals surface area contributed by atoms with Crippen molar-refractivity contribution in [1.82, 2.24) is 9.88 Å². The van der Waals surface area contributed by atoms with Gasteiger partial charge in [0.05, 0.1) is 30.0 Å². The molecule has 6 heteroatoms. The van der Waals surface area contributed by atoms with E-state index in [1.807, 2.05) is 56.3 Å². The molecule has 0 saturated carbocycles. The fraction of sp³-hybridized carbons (Fsp3) is 0.273. The summed E-state index contributed by atoms with van der Waals surface area (Å²) < 4.78 is 12.2. The minimum absolute atomic E-state index is 0.0630. The van der Waals surface area contributed by atoms with Gasteiger partial charge in [-0.15, -0.1) is 11.3 Å². The number of carbonyl (C=O) groups is 1. The highest BCUT2D eigenvalue weighted by atomic mass is 32.1. The number of benzene rings is 2. The van der Waals surface area contributed by atoms with Crippen LogP contribution in [0.5, 0.6) is 11.5 Å². The SMILES string of the molecule is COc1cc(C=CC(=O)N(C)Cc2nc3ccccc3s2)ccc1OC(C)C. The number of carbonyl (C=O) groups excluding carboxylic acids is 1. The molecule has 5 nitrogen and oxygen atoms in total. The lowest BCUT2D eigenvalue weighted by Crippen LogP contribution is -2.23. The van der Waals surface area contributed by atoms with Crippen molar-refractivity contribution in [2.45, 2.75) is 26.5 Å². The highest BCUT2D eigenvalue weighted by molar-refractivity contribution is 7.18. The molecule has 0 bridgehead atoms. The second-order valence-corrected chi connectivity index (χ2v) is 7.80. The number of hydrogen-bond donors (Lipinski definition) is 0. The van der Waals surface area contributed by atoms with Crippen molar-refractivity contribution in [1.29, 1.82) is 0 Å². The Kier molecular flexibility index (Phi) is 6.31. The monoisotopic (exact) mass is 396 g/mol. The molecule has 0 N–H and O–H groups in total. The van der Waals surface area contributed by atoms with Gasteiger partial charge in [0, 0.05) is 13.1 Å². The van der Waals surface area contributed by atoms with Gasteiger partial charge in [-0.3, -0.25) is 4.79 Å². The maximum Gasteiger partial charge on any atom is 0.246 e. The lowest BCUT2D eigenvalue weighted by Gasteiger charge is -2.14. The van der Waals surface area contributed by atoms with Crippen LogP contribution in [0.15, 0.2) is 48.5 Å². The predicted molar refractivity (Wildman–Crippen MR) is 114 cm³/mol. The van der Waals surface area contributed by atoms with E-state index >= 15 is 0 Å². The van der Waals surface area contributed by atoms with Crippen LogP contribution in [0.4, 0.5) is 0 Å². The van der Waals surface area contributed by atoms with Crippen molar-refractivity contribution in [2.24, 2.45) is 0 Å². The molecule has 3 rings (SSSR count). The van der Waals surface area contributed by atoms with Crippen molar-refractivity contribution >= 4 is 33.5 Å². The van der Waals surface area contributed by atoms with Gasteiger partial charge < -0.3 is 14.4 Å². The van der Waals surface area contributed by atoms with Gasteiger partial charge in [-0.25, -0.2) is 4.98 Å². The molecule has 3 aromatic rings. The van der Waals surface area contributed by atoms with Crippen LogP contribution in [0.25, 0.3) is 16.3 Å². The molecule has 28 heavy (non-hydrogen) atoms. The Morgan fingerprint density at radius 1 is 1.21 bits per heavy atom. The molecule has 0 radical (unpaired) electrons. The number of likely N-dealkylation sites (N-methyl/N-ethyl adjacent to an activating group) is 1. The van der Waals surface area contributed by atoms with Crippen LogP contribution in [-0.4, -0.2) is 36.1 Å². The molecule has 0 spiro atoms. The molecule has 0 fully saturated rings. The Balaban J connectivity index is 1.66. The quantitative estimate of drug-likeness (QED) is 0.540. The number of amides is 1. The van der Waals surface area contributed by atoms with E-state index in [0.717, 1.165) is 20.8 Å². The average Bonchev–Trinajstić information content (AvgIpc) is 3.08.